The highest BCUT2D eigenvalue weighted by Gasteiger charge is 2.37. The maximum Gasteiger partial charge on any atom is 0.407 e. The third kappa shape index (κ3) is 2.45. The van der Waals surface area contributed by atoms with Crippen molar-refractivity contribution in [2.24, 2.45) is 5.73 Å². The molecule has 0 spiro atoms. The summed E-state index contributed by atoms with van der Waals surface area (Å²) in [6.45, 7) is 0. The summed E-state index contributed by atoms with van der Waals surface area (Å²) in [5.74, 6) is -0.762. The topological polar surface area (TPSA) is 26.0 Å². The van der Waals surface area contributed by atoms with E-state index >= 15 is 0 Å². The van der Waals surface area contributed by atoms with Crippen LogP contribution in [0.2, 0.25) is 0 Å². The van der Waals surface area contributed by atoms with Crippen molar-refractivity contribution < 1.29 is 17.6 Å². The molecular formula is C8H6BrF4N. The molecule has 0 aliphatic rings. The zero-order chi connectivity index (χ0) is 10.9. The molecule has 0 unspecified atom stereocenters. The third-order valence-corrected chi connectivity index (χ3v) is 2.30. The highest BCUT2D eigenvalue weighted by Crippen LogP contribution is 2.31. The predicted molar refractivity (Wildman–Crippen MR) is 47.1 cm³/mol. The van der Waals surface area contributed by atoms with Crippen LogP contribution in [-0.4, -0.2) is 6.18 Å². The van der Waals surface area contributed by atoms with E-state index in [1.54, 1.807) is 0 Å². The summed E-state index contributed by atoms with van der Waals surface area (Å²) in [4.78, 5) is 0. The highest BCUT2D eigenvalue weighted by atomic mass is 79.9. The van der Waals surface area contributed by atoms with E-state index in [2.05, 4.69) is 15.9 Å². The molecule has 0 heterocycles. The van der Waals surface area contributed by atoms with Crippen molar-refractivity contribution in [2.75, 3.05) is 0 Å². The molecule has 1 rings (SSSR count). The van der Waals surface area contributed by atoms with Crippen LogP contribution in [0.5, 0.6) is 0 Å². The van der Waals surface area contributed by atoms with E-state index in [1.165, 1.54) is 6.07 Å². The van der Waals surface area contributed by atoms with Crippen LogP contribution in [0.3, 0.4) is 0 Å². The van der Waals surface area contributed by atoms with Gasteiger partial charge in [0.25, 0.3) is 0 Å². The van der Waals surface area contributed by atoms with Gasteiger partial charge in [-0.3, -0.25) is 0 Å². The summed E-state index contributed by atoms with van der Waals surface area (Å²) in [6, 6.07) is 0.939. The van der Waals surface area contributed by atoms with Gasteiger partial charge in [0, 0.05) is 0 Å². The van der Waals surface area contributed by atoms with Gasteiger partial charge in [0.2, 0.25) is 0 Å². The summed E-state index contributed by atoms with van der Waals surface area (Å²) in [6.07, 6.45) is -4.56. The number of hydrogen-bond donors (Lipinski definition) is 1. The zero-order valence-electron chi connectivity index (χ0n) is 6.78. The molecule has 6 heteroatoms. The van der Waals surface area contributed by atoms with Crippen molar-refractivity contribution in [1.82, 2.24) is 0 Å². The Morgan fingerprint density at radius 1 is 1.29 bits per heavy atom. The second kappa shape index (κ2) is 3.86. The number of alkyl halides is 3. The molecule has 0 aliphatic heterocycles. The van der Waals surface area contributed by atoms with Gasteiger partial charge in [0.1, 0.15) is 11.9 Å². The minimum atomic E-state index is -4.56. The molecule has 2 N–H and O–H groups in total. The van der Waals surface area contributed by atoms with E-state index in [0.717, 1.165) is 12.1 Å². The van der Waals surface area contributed by atoms with Crippen LogP contribution >= 0.6 is 15.9 Å². The number of nitrogens with two attached hydrogens (primary N) is 1. The number of benzene rings is 1. The molecule has 1 nitrogen and oxygen atoms in total. The Labute approximate surface area is 86.0 Å². The Hall–Kier alpha value is -0.620. The first-order valence-electron chi connectivity index (χ1n) is 3.59. The average Bonchev–Trinajstić information content (AvgIpc) is 2.07. The molecule has 0 bridgehead atoms. The first-order chi connectivity index (χ1) is 6.32. The fourth-order valence-electron chi connectivity index (χ4n) is 0.895. The van der Waals surface area contributed by atoms with E-state index in [9.17, 15) is 17.6 Å². The molecule has 0 saturated heterocycles. The molecule has 0 fully saturated rings. The molecule has 0 amide bonds. The summed E-state index contributed by atoms with van der Waals surface area (Å²) in [5, 5.41) is 0. The van der Waals surface area contributed by atoms with Crippen LogP contribution in [-0.2, 0) is 0 Å². The van der Waals surface area contributed by atoms with E-state index in [4.69, 9.17) is 5.73 Å². The van der Waals surface area contributed by atoms with Gasteiger partial charge < -0.3 is 5.73 Å². The van der Waals surface area contributed by atoms with E-state index in [-0.39, 0.29) is 10.0 Å². The lowest BCUT2D eigenvalue weighted by atomic mass is 10.1. The number of halogens is 5. The van der Waals surface area contributed by atoms with Gasteiger partial charge in [-0.1, -0.05) is 6.07 Å². The van der Waals surface area contributed by atoms with Crippen molar-refractivity contribution in [3.8, 4) is 0 Å². The molecule has 0 radical (unpaired) electrons. The van der Waals surface area contributed by atoms with Crippen molar-refractivity contribution >= 4 is 15.9 Å². The van der Waals surface area contributed by atoms with Crippen molar-refractivity contribution in [3.63, 3.8) is 0 Å². The molecule has 0 aliphatic carbocycles. The largest absolute Gasteiger partial charge is 0.407 e. The maximum absolute atomic E-state index is 12.9. The first kappa shape index (κ1) is 11.5. The molecule has 0 saturated carbocycles. The minimum Gasteiger partial charge on any atom is -0.316 e. The van der Waals surface area contributed by atoms with Gasteiger partial charge in [0.15, 0.2) is 0 Å². The normalized spacial score (nSPS) is 14.1. The summed E-state index contributed by atoms with van der Waals surface area (Å²) in [7, 11) is 0. The molecule has 78 valence electrons. The van der Waals surface area contributed by atoms with E-state index < -0.39 is 18.0 Å². The Bertz CT molecular complexity index is 337. The molecule has 1 atom stereocenters. The lowest BCUT2D eigenvalue weighted by Gasteiger charge is -2.15. The van der Waals surface area contributed by atoms with Crippen LogP contribution < -0.4 is 5.73 Å². The Morgan fingerprint density at radius 3 is 2.29 bits per heavy atom. The lowest BCUT2D eigenvalue weighted by Crippen LogP contribution is -2.28. The molecule has 1 aromatic rings. The number of hydrogen-bond acceptors (Lipinski definition) is 1. The van der Waals surface area contributed by atoms with Gasteiger partial charge in [-0.15, -0.1) is 0 Å². The zero-order valence-corrected chi connectivity index (χ0v) is 8.36. The van der Waals surface area contributed by atoms with Crippen molar-refractivity contribution in [3.05, 3.63) is 34.1 Å². The van der Waals surface area contributed by atoms with Gasteiger partial charge in [0.05, 0.1) is 4.47 Å². The van der Waals surface area contributed by atoms with Gasteiger partial charge in [-0.25, -0.2) is 4.39 Å². The molecule has 1 aromatic carbocycles. The van der Waals surface area contributed by atoms with Crippen molar-refractivity contribution in [2.45, 2.75) is 12.2 Å². The van der Waals surface area contributed by atoms with Crippen LogP contribution in [0.25, 0.3) is 0 Å². The van der Waals surface area contributed by atoms with Gasteiger partial charge in [-0.2, -0.15) is 13.2 Å². The van der Waals surface area contributed by atoms with Crippen LogP contribution in [0.4, 0.5) is 17.6 Å². The standard InChI is InChI=1S/C8H6BrF4N/c9-5-2-1-4(3-6(5)10)7(14)8(11,12)13/h1-3,7H,14H2/t7-/m1/s1. The van der Waals surface area contributed by atoms with E-state index in [0.29, 0.717) is 0 Å². The van der Waals surface area contributed by atoms with Gasteiger partial charge in [-0.05, 0) is 33.6 Å². The van der Waals surface area contributed by atoms with Crippen LogP contribution in [0.1, 0.15) is 11.6 Å². The third-order valence-electron chi connectivity index (χ3n) is 1.66. The highest BCUT2D eigenvalue weighted by molar-refractivity contribution is 9.10. The molecular weight excluding hydrogens is 266 g/mol. The lowest BCUT2D eigenvalue weighted by molar-refractivity contribution is -0.149. The smallest absolute Gasteiger partial charge is 0.316 e. The summed E-state index contributed by atoms with van der Waals surface area (Å²) in [5.41, 5.74) is 4.59. The Balaban J connectivity index is 3.03. The van der Waals surface area contributed by atoms with Crippen LogP contribution in [0, 0.1) is 5.82 Å². The second-order valence-electron chi connectivity index (χ2n) is 2.69. The number of rotatable bonds is 1. The average molecular weight is 272 g/mol. The Morgan fingerprint density at radius 2 is 1.86 bits per heavy atom. The summed E-state index contributed by atoms with van der Waals surface area (Å²) >= 11 is 2.83. The summed E-state index contributed by atoms with van der Waals surface area (Å²) < 4.78 is 49.3. The molecule has 0 aromatic heterocycles. The monoisotopic (exact) mass is 271 g/mol. The quantitative estimate of drug-likeness (QED) is 0.781. The molecule has 14 heavy (non-hydrogen) atoms. The predicted octanol–water partition coefficient (Wildman–Crippen LogP) is 3.15. The Kier molecular flexibility index (Phi) is 3.16. The maximum atomic E-state index is 12.9. The SMILES string of the molecule is N[C@H](c1ccc(Br)c(F)c1)C(F)(F)F. The van der Waals surface area contributed by atoms with Gasteiger partial charge >= 0.3 is 6.18 Å². The van der Waals surface area contributed by atoms with E-state index in [1.807, 2.05) is 0 Å². The fourth-order valence-corrected chi connectivity index (χ4v) is 1.14. The second-order valence-corrected chi connectivity index (χ2v) is 3.55. The minimum absolute atomic E-state index is 0.107. The van der Waals surface area contributed by atoms with Crippen molar-refractivity contribution in [1.29, 1.82) is 0 Å². The fraction of sp³-hybridized carbons (Fsp3) is 0.250. The van der Waals surface area contributed by atoms with Crippen LogP contribution in [0.15, 0.2) is 22.7 Å². The first-order valence-corrected chi connectivity index (χ1v) is 4.39.